The first-order chi connectivity index (χ1) is 10.1. The summed E-state index contributed by atoms with van der Waals surface area (Å²) in [6, 6.07) is 9.22. The molecule has 2 unspecified atom stereocenters. The second-order valence-corrected chi connectivity index (χ2v) is 5.98. The summed E-state index contributed by atoms with van der Waals surface area (Å²) in [4.78, 5) is 16.7. The van der Waals surface area contributed by atoms with Gasteiger partial charge in [0.2, 0.25) is 5.91 Å². The van der Waals surface area contributed by atoms with Crippen LogP contribution >= 0.6 is 11.3 Å². The molecule has 2 atom stereocenters. The Balaban J connectivity index is 1.96. The lowest BCUT2D eigenvalue weighted by atomic mass is 10.1. The Morgan fingerprint density at radius 2 is 2.10 bits per heavy atom. The zero-order chi connectivity index (χ0) is 15.2. The highest BCUT2D eigenvalue weighted by Crippen LogP contribution is 2.20. The molecule has 0 aliphatic carbocycles. The Morgan fingerprint density at radius 3 is 2.67 bits per heavy atom. The molecule has 4 nitrogen and oxygen atoms in total. The SMILES string of the molecule is CCC(NC(=O)C(N)Cc1ccccc1)c1nc(C)cs1. The Kier molecular flexibility index (Phi) is 5.47. The standard InChI is InChI=1S/C16H21N3OS/c1-3-14(16-18-11(2)10-21-16)19-15(20)13(17)9-12-7-5-4-6-8-12/h4-8,10,13-14H,3,9,17H2,1-2H3,(H,19,20). The first-order valence-electron chi connectivity index (χ1n) is 7.12. The van der Waals surface area contributed by atoms with Crippen molar-refractivity contribution in [1.82, 2.24) is 10.3 Å². The van der Waals surface area contributed by atoms with Gasteiger partial charge in [0.15, 0.2) is 0 Å². The molecule has 0 saturated heterocycles. The van der Waals surface area contributed by atoms with Crippen molar-refractivity contribution in [2.75, 3.05) is 0 Å². The Hall–Kier alpha value is -1.72. The van der Waals surface area contributed by atoms with Gasteiger partial charge in [-0.15, -0.1) is 11.3 Å². The topological polar surface area (TPSA) is 68.0 Å². The normalized spacial score (nSPS) is 13.7. The van der Waals surface area contributed by atoms with E-state index in [1.807, 2.05) is 49.6 Å². The number of carbonyl (C=O) groups excluding carboxylic acids is 1. The van der Waals surface area contributed by atoms with Gasteiger partial charge in [-0.05, 0) is 25.3 Å². The van der Waals surface area contributed by atoms with Crippen LogP contribution in [0.2, 0.25) is 0 Å². The van der Waals surface area contributed by atoms with Gasteiger partial charge in [-0.3, -0.25) is 4.79 Å². The van der Waals surface area contributed by atoms with Crippen LogP contribution in [0.1, 0.15) is 35.7 Å². The molecule has 1 aromatic carbocycles. The molecule has 0 bridgehead atoms. The molecule has 21 heavy (non-hydrogen) atoms. The number of nitrogens with one attached hydrogen (secondary N) is 1. The van der Waals surface area contributed by atoms with Crippen LogP contribution in [0.5, 0.6) is 0 Å². The van der Waals surface area contributed by atoms with E-state index in [1.54, 1.807) is 11.3 Å². The molecule has 2 aromatic rings. The Bertz CT molecular complexity index is 582. The van der Waals surface area contributed by atoms with Gasteiger partial charge in [0.25, 0.3) is 0 Å². The summed E-state index contributed by atoms with van der Waals surface area (Å²) in [6.07, 6.45) is 1.34. The second kappa shape index (κ2) is 7.33. The fourth-order valence-electron chi connectivity index (χ4n) is 2.11. The summed E-state index contributed by atoms with van der Waals surface area (Å²) in [5.74, 6) is -0.126. The van der Waals surface area contributed by atoms with Crippen molar-refractivity contribution in [1.29, 1.82) is 0 Å². The van der Waals surface area contributed by atoms with E-state index in [4.69, 9.17) is 5.73 Å². The van der Waals surface area contributed by atoms with Gasteiger partial charge in [0, 0.05) is 11.1 Å². The molecule has 0 spiro atoms. The molecule has 1 amide bonds. The maximum atomic E-state index is 12.2. The number of hydrogen-bond donors (Lipinski definition) is 2. The van der Waals surface area contributed by atoms with Gasteiger partial charge in [0.05, 0.1) is 12.1 Å². The highest BCUT2D eigenvalue weighted by Gasteiger charge is 2.20. The summed E-state index contributed by atoms with van der Waals surface area (Å²) in [7, 11) is 0. The minimum atomic E-state index is -0.539. The molecule has 5 heteroatoms. The summed E-state index contributed by atoms with van der Waals surface area (Å²) in [6.45, 7) is 3.99. The van der Waals surface area contributed by atoms with E-state index >= 15 is 0 Å². The molecule has 0 saturated carbocycles. The van der Waals surface area contributed by atoms with Gasteiger partial charge >= 0.3 is 0 Å². The number of nitrogens with two attached hydrogens (primary N) is 1. The highest BCUT2D eigenvalue weighted by atomic mass is 32.1. The first kappa shape index (κ1) is 15.7. The molecular weight excluding hydrogens is 282 g/mol. The van der Waals surface area contributed by atoms with Crippen molar-refractivity contribution in [3.8, 4) is 0 Å². The lowest BCUT2D eigenvalue weighted by Gasteiger charge is -2.18. The molecule has 0 aliphatic rings. The number of amides is 1. The minimum Gasteiger partial charge on any atom is -0.346 e. The molecule has 0 aliphatic heterocycles. The third-order valence-electron chi connectivity index (χ3n) is 3.29. The van der Waals surface area contributed by atoms with Gasteiger partial charge in [-0.1, -0.05) is 37.3 Å². The van der Waals surface area contributed by atoms with E-state index in [0.717, 1.165) is 22.7 Å². The van der Waals surface area contributed by atoms with Crippen molar-refractivity contribution in [2.45, 2.75) is 38.8 Å². The maximum Gasteiger partial charge on any atom is 0.237 e. The quantitative estimate of drug-likeness (QED) is 0.862. The summed E-state index contributed by atoms with van der Waals surface area (Å²) in [5.41, 5.74) is 8.06. The third-order valence-corrected chi connectivity index (χ3v) is 4.37. The average molecular weight is 303 g/mol. The van der Waals surface area contributed by atoms with E-state index < -0.39 is 6.04 Å². The van der Waals surface area contributed by atoms with Crippen LogP contribution in [0.15, 0.2) is 35.7 Å². The number of carbonyl (C=O) groups is 1. The number of aryl methyl sites for hydroxylation is 1. The number of hydrogen-bond acceptors (Lipinski definition) is 4. The zero-order valence-electron chi connectivity index (χ0n) is 12.4. The molecule has 1 aromatic heterocycles. The second-order valence-electron chi connectivity index (χ2n) is 5.09. The number of thiazole rings is 1. The fourth-order valence-corrected chi connectivity index (χ4v) is 3.04. The van der Waals surface area contributed by atoms with Crippen molar-refractivity contribution in [3.05, 3.63) is 52.0 Å². The maximum absolute atomic E-state index is 12.2. The van der Waals surface area contributed by atoms with Crippen molar-refractivity contribution in [3.63, 3.8) is 0 Å². The first-order valence-corrected chi connectivity index (χ1v) is 8.00. The van der Waals surface area contributed by atoms with Crippen LogP contribution in [-0.4, -0.2) is 16.9 Å². The Labute approximate surface area is 129 Å². The summed E-state index contributed by atoms with van der Waals surface area (Å²) in [5, 5.41) is 5.93. The predicted molar refractivity (Wildman–Crippen MR) is 86.1 cm³/mol. The number of benzene rings is 1. The Morgan fingerprint density at radius 1 is 1.38 bits per heavy atom. The minimum absolute atomic E-state index is 0.0574. The van der Waals surface area contributed by atoms with E-state index in [9.17, 15) is 4.79 Å². The average Bonchev–Trinajstić information content (AvgIpc) is 2.92. The van der Waals surface area contributed by atoms with Crippen LogP contribution in [0.4, 0.5) is 0 Å². The van der Waals surface area contributed by atoms with Crippen LogP contribution < -0.4 is 11.1 Å². The van der Waals surface area contributed by atoms with Gasteiger partial charge < -0.3 is 11.1 Å². The van der Waals surface area contributed by atoms with E-state index in [1.165, 1.54) is 0 Å². The third kappa shape index (κ3) is 4.37. The van der Waals surface area contributed by atoms with Crippen molar-refractivity contribution >= 4 is 17.2 Å². The monoisotopic (exact) mass is 303 g/mol. The molecule has 112 valence electrons. The zero-order valence-corrected chi connectivity index (χ0v) is 13.2. The molecule has 2 rings (SSSR count). The summed E-state index contributed by atoms with van der Waals surface area (Å²) >= 11 is 1.57. The molecule has 1 heterocycles. The van der Waals surface area contributed by atoms with Gasteiger partial charge in [-0.25, -0.2) is 4.98 Å². The van der Waals surface area contributed by atoms with E-state index in [2.05, 4.69) is 10.3 Å². The van der Waals surface area contributed by atoms with Crippen LogP contribution in [0, 0.1) is 6.92 Å². The fraction of sp³-hybridized carbons (Fsp3) is 0.375. The van der Waals surface area contributed by atoms with Crippen molar-refractivity contribution < 1.29 is 4.79 Å². The van der Waals surface area contributed by atoms with Gasteiger partial charge in [-0.2, -0.15) is 0 Å². The van der Waals surface area contributed by atoms with Crippen LogP contribution in [0.25, 0.3) is 0 Å². The predicted octanol–water partition coefficient (Wildman–Crippen LogP) is 2.59. The van der Waals surface area contributed by atoms with E-state index in [0.29, 0.717) is 6.42 Å². The van der Waals surface area contributed by atoms with Crippen LogP contribution in [0.3, 0.4) is 0 Å². The highest BCUT2D eigenvalue weighted by molar-refractivity contribution is 7.09. The molecular formula is C16H21N3OS. The van der Waals surface area contributed by atoms with E-state index in [-0.39, 0.29) is 11.9 Å². The van der Waals surface area contributed by atoms with Crippen LogP contribution in [-0.2, 0) is 11.2 Å². The number of rotatable bonds is 6. The molecule has 3 N–H and O–H groups in total. The molecule has 0 radical (unpaired) electrons. The van der Waals surface area contributed by atoms with Gasteiger partial charge in [0.1, 0.15) is 5.01 Å². The number of nitrogens with zero attached hydrogens (tertiary/aromatic N) is 1. The lowest BCUT2D eigenvalue weighted by Crippen LogP contribution is -2.43. The van der Waals surface area contributed by atoms with Crippen molar-refractivity contribution in [2.24, 2.45) is 5.73 Å². The largest absolute Gasteiger partial charge is 0.346 e. The smallest absolute Gasteiger partial charge is 0.237 e. The molecule has 0 fully saturated rings. The number of aromatic nitrogens is 1. The summed E-state index contributed by atoms with van der Waals surface area (Å²) < 4.78 is 0. The lowest BCUT2D eigenvalue weighted by molar-refractivity contribution is -0.123.